The second-order valence-electron chi connectivity index (χ2n) is 13.3. The van der Waals surface area contributed by atoms with Crippen molar-refractivity contribution in [2.45, 2.75) is 13.3 Å². The normalized spacial score (nSPS) is 11.6. The minimum atomic E-state index is 0.716. The van der Waals surface area contributed by atoms with Crippen LogP contribution < -0.4 is 0 Å². The molecule has 3 aromatic heterocycles. The van der Waals surface area contributed by atoms with Crippen LogP contribution in [-0.4, -0.2) is 19.1 Å². The zero-order valence-corrected chi connectivity index (χ0v) is 28.7. The van der Waals surface area contributed by atoms with Gasteiger partial charge in [0.1, 0.15) is 0 Å². The van der Waals surface area contributed by atoms with Crippen molar-refractivity contribution < 1.29 is 0 Å². The Labute approximate surface area is 301 Å². The van der Waals surface area contributed by atoms with Crippen molar-refractivity contribution in [1.29, 1.82) is 0 Å². The molecule has 246 valence electrons. The Kier molecular flexibility index (Phi) is 7.07. The molecule has 0 atom stereocenters. The summed E-state index contributed by atoms with van der Waals surface area (Å²) in [6.45, 7) is 2.18. The van der Waals surface area contributed by atoms with Gasteiger partial charge in [-0.3, -0.25) is 0 Å². The fourth-order valence-electron chi connectivity index (χ4n) is 7.73. The number of benzene rings is 7. The van der Waals surface area contributed by atoms with Crippen LogP contribution >= 0.6 is 0 Å². The quantitative estimate of drug-likeness (QED) is 0.177. The molecule has 0 aliphatic heterocycles. The molecule has 10 aromatic rings. The van der Waals surface area contributed by atoms with E-state index >= 15 is 0 Å². The first-order valence-corrected chi connectivity index (χ1v) is 17.9. The van der Waals surface area contributed by atoms with Crippen molar-refractivity contribution in [1.82, 2.24) is 19.1 Å². The second-order valence-corrected chi connectivity index (χ2v) is 13.3. The Morgan fingerprint density at radius 1 is 0.385 bits per heavy atom. The van der Waals surface area contributed by atoms with E-state index in [1.165, 1.54) is 49.2 Å². The van der Waals surface area contributed by atoms with Gasteiger partial charge in [0.2, 0.25) is 0 Å². The molecule has 7 aromatic carbocycles. The summed E-state index contributed by atoms with van der Waals surface area (Å²) in [5.41, 5.74) is 13.2. The van der Waals surface area contributed by atoms with Crippen LogP contribution in [0.2, 0.25) is 0 Å². The van der Waals surface area contributed by atoms with Crippen LogP contribution in [0.15, 0.2) is 176 Å². The first-order valence-electron chi connectivity index (χ1n) is 17.9. The molecule has 0 amide bonds. The van der Waals surface area contributed by atoms with E-state index in [-0.39, 0.29) is 0 Å². The zero-order valence-electron chi connectivity index (χ0n) is 28.7. The fraction of sp³-hybridized carbons (Fsp3) is 0.0417. The highest BCUT2D eigenvalue weighted by molar-refractivity contribution is 6.10. The van der Waals surface area contributed by atoms with Gasteiger partial charge in [-0.15, -0.1) is 0 Å². The third kappa shape index (κ3) is 4.91. The molecule has 0 spiro atoms. The standard InChI is InChI=1S/C48H34N4/c1-2-32-19-21-35(22-20-32)48-49-42(33-23-27-36(28-24-33)51-44-15-7-3-11-38(44)39-12-4-8-16-45(39)51)31-43(50-48)34-25-29-37(30-26-34)52-46-17-9-5-13-40(46)41-14-6-10-18-47(41)52/h3-31H,2H2,1H3. The smallest absolute Gasteiger partial charge is 0.160 e. The van der Waals surface area contributed by atoms with E-state index in [0.717, 1.165) is 45.9 Å². The molecule has 10 rings (SSSR count). The molecule has 0 aliphatic rings. The van der Waals surface area contributed by atoms with Gasteiger partial charge in [0.05, 0.1) is 33.5 Å². The molecular weight excluding hydrogens is 633 g/mol. The number of hydrogen-bond acceptors (Lipinski definition) is 2. The van der Waals surface area contributed by atoms with Gasteiger partial charge in [-0.05, 0) is 66.6 Å². The van der Waals surface area contributed by atoms with E-state index in [1.807, 2.05) is 0 Å². The third-order valence-corrected chi connectivity index (χ3v) is 10.3. The highest BCUT2D eigenvalue weighted by atomic mass is 15.0. The lowest BCUT2D eigenvalue weighted by Gasteiger charge is -2.12. The van der Waals surface area contributed by atoms with E-state index in [2.05, 4.69) is 192 Å². The third-order valence-electron chi connectivity index (χ3n) is 10.3. The number of nitrogens with zero attached hydrogens (tertiary/aromatic N) is 4. The summed E-state index contributed by atoms with van der Waals surface area (Å²) in [4.78, 5) is 10.3. The number of rotatable bonds is 6. The molecule has 4 heteroatoms. The van der Waals surface area contributed by atoms with Gasteiger partial charge in [0.25, 0.3) is 0 Å². The maximum atomic E-state index is 5.15. The lowest BCUT2D eigenvalue weighted by molar-refractivity contribution is 1.13. The van der Waals surface area contributed by atoms with Gasteiger partial charge < -0.3 is 9.13 Å². The lowest BCUT2D eigenvalue weighted by Crippen LogP contribution is -1.98. The van der Waals surface area contributed by atoms with Crippen LogP contribution in [-0.2, 0) is 6.42 Å². The molecule has 0 fully saturated rings. The Balaban J connectivity index is 1.08. The van der Waals surface area contributed by atoms with Gasteiger partial charge in [-0.1, -0.05) is 128 Å². The van der Waals surface area contributed by atoms with E-state index in [0.29, 0.717) is 5.82 Å². The lowest BCUT2D eigenvalue weighted by atomic mass is 10.0. The van der Waals surface area contributed by atoms with Crippen LogP contribution in [0.25, 0.3) is 88.9 Å². The molecule has 0 saturated carbocycles. The molecule has 0 aliphatic carbocycles. The topological polar surface area (TPSA) is 35.6 Å². The molecule has 3 heterocycles. The van der Waals surface area contributed by atoms with E-state index in [1.54, 1.807) is 0 Å². The van der Waals surface area contributed by atoms with Gasteiger partial charge in [-0.25, -0.2) is 9.97 Å². The van der Waals surface area contributed by atoms with Crippen LogP contribution in [0.1, 0.15) is 12.5 Å². The summed E-state index contributed by atoms with van der Waals surface area (Å²) in [5.74, 6) is 0.716. The summed E-state index contributed by atoms with van der Waals surface area (Å²) >= 11 is 0. The van der Waals surface area contributed by atoms with Gasteiger partial charge in [0, 0.05) is 49.6 Å². The largest absolute Gasteiger partial charge is 0.309 e. The highest BCUT2D eigenvalue weighted by Gasteiger charge is 2.15. The zero-order chi connectivity index (χ0) is 34.6. The second kappa shape index (κ2) is 12.2. The first-order chi connectivity index (χ1) is 25.7. The molecule has 0 bridgehead atoms. The van der Waals surface area contributed by atoms with Crippen LogP contribution in [0.4, 0.5) is 0 Å². The molecule has 4 nitrogen and oxygen atoms in total. The Morgan fingerprint density at radius 3 is 1.10 bits per heavy atom. The minimum Gasteiger partial charge on any atom is -0.309 e. The number of aromatic nitrogens is 4. The van der Waals surface area contributed by atoms with Crippen molar-refractivity contribution in [2.24, 2.45) is 0 Å². The van der Waals surface area contributed by atoms with Gasteiger partial charge in [0.15, 0.2) is 5.82 Å². The Hall–Kier alpha value is -6.78. The SMILES string of the molecule is CCc1ccc(-c2nc(-c3ccc(-n4c5ccccc5c5ccccc54)cc3)cc(-c3ccc(-n4c5ccccc5c5ccccc54)cc3)n2)cc1. The summed E-state index contributed by atoms with van der Waals surface area (Å²) in [5, 5.41) is 5.02. The van der Waals surface area contributed by atoms with E-state index < -0.39 is 0 Å². The number of para-hydroxylation sites is 4. The number of hydrogen-bond donors (Lipinski definition) is 0. The number of aryl methyl sites for hydroxylation is 1. The van der Waals surface area contributed by atoms with Crippen LogP contribution in [0.3, 0.4) is 0 Å². The molecule has 0 saturated heterocycles. The summed E-state index contributed by atoms with van der Waals surface area (Å²) < 4.78 is 4.69. The Bertz CT molecular complexity index is 2630. The van der Waals surface area contributed by atoms with Gasteiger partial charge >= 0.3 is 0 Å². The van der Waals surface area contributed by atoms with Crippen LogP contribution in [0.5, 0.6) is 0 Å². The predicted molar refractivity (Wildman–Crippen MR) is 216 cm³/mol. The average molecular weight is 667 g/mol. The van der Waals surface area contributed by atoms with Crippen molar-refractivity contribution >= 4 is 43.6 Å². The van der Waals surface area contributed by atoms with Crippen molar-refractivity contribution in [3.8, 4) is 45.3 Å². The monoisotopic (exact) mass is 666 g/mol. The fourth-order valence-corrected chi connectivity index (χ4v) is 7.73. The summed E-state index contributed by atoms with van der Waals surface area (Å²) in [6.07, 6.45) is 0.989. The Morgan fingerprint density at radius 2 is 0.731 bits per heavy atom. The molecule has 0 unspecified atom stereocenters. The predicted octanol–water partition coefficient (Wildman–Crippen LogP) is 12.2. The first kappa shape index (κ1) is 30.1. The maximum absolute atomic E-state index is 5.15. The van der Waals surface area contributed by atoms with Crippen LogP contribution in [0, 0.1) is 0 Å². The number of fused-ring (bicyclic) bond motifs is 6. The maximum Gasteiger partial charge on any atom is 0.160 e. The average Bonchev–Trinajstić information content (AvgIpc) is 3.74. The molecule has 0 radical (unpaired) electrons. The molecule has 52 heavy (non-hydrogen) atoms. The highest BCUT2D eigenvalue weighted by Crippen LogP contribution is 2.35. The van der Waals surface area contributed by atoms with E-state index in [4.69, 9.17) is 9.97 Å². The molecule has 0 N–H and O–H groups in total. The van der Waals surface area contributed by atoms with Gasteiger partial charge in [-0.2, -0.15) is 0 Å². The van der Waals surface area contributed by atoms with E-state index in [9.17, 15) is 0 Å². The van der Waals surface area contributed by atoms with Crippen molar-refractivity contribution in [3.05, 3.63) is 181 Å². The summed E-state index contributed by atoms with van der Waals surface area (Å²) in [7, 11) is 0. The van der Waals surface area contributed by atoms with Crippen molar-refractivity contribution in [3.63, 3.8) is 0 Å². The van der Waals surface area contributed by atoms with Crippen molar-refractivity contribution in [2.75, 3.05) is 0 Å². The summed E-state index contributed by atoms with van der Waals surface area (Å²) in [6, 6.07) is 62.8. The molecular formula is C48H34N4. The minimum absolute atomic E-state index is 0.716.